The molecule has 0 saturated carbocycles. The largest absolute Gasteiger partial charge is 0.302 e. The van der Waals surface area contributed by atoms with Crippen molar-refractivity contribution in [3.05, 3.63) is 20.8 Å². The summed E-state index contributed by atoms with van der Waals surface area (Å²) in [5, 5.41) is 2.22. The smallest absolute Gasteiger partial charge is 0.0701 e. The topological polar surface area (TPSA) is 3.24 Å². The molecule has 1 aromatic rings. The predicted octanol–water partition coefficient (Wildman–Crippen LogP) is 4.29. The van der Waals surface area contributed by atoms with Crippen LogP contribution in [-0.2, 0) is 6.54 Å². The normalized spacial score (nSPS) is 13.3. The Morgan fingerprint density at radius 3 is 2.81 bits per heavy atom. The number of hydrogen-bond donors (Lipinski definition) is 1. The lowest BCUT2D eigenvalue weighted by Crippen LogP contribution is -2.20. The highest BCUT2D eigenvalue weighted by molar-refractivity contribution is 9.11. The maximum Gasteiger partial charge on any atom is 0.0701 e. The molecule has 0 aliphatic carbocycles. The third-order valence-corrected chi connectivity index (χ3v) is 4.51. The van der Waals surface area contributed by atoms with Crippen molar-refractivity contribution in [2.24, 2.45) is 5.92 Å². The number of rotatable bonds is 7. The van der Waals surface area contributed by atoms with Crippen LogP contribution in [0.3, 0.4) is 0 Å². The van der Waals surface area contributed by atoms with Crippen molar-refractivity contribution in [2.75, 3.05) is 19.3 Å². The van der Waals surface area contributed by atoms with Crippen LogP contribution in [0.4, 0.5) is 0 Å². The van der Waals surface area contributed by atoms with Crippen LogP contribution >= 0.6 is 39.9 Å². The molecule has 0 fully saturated rings. The molecule has 0 amide bonds. The molecule has 0 aliphatic heterocycles. The molecule has 1 nitrogen and oxygen atoms in total. The molecule has 1 rings (SSSR count). The Kier molecular flexibility index (Phi) is 7.04. The fourth-order valence-corrected chi connectivity index (χ4v) is 3.27. The van der Waals surface area contributed by atoms with E-state index in [1.54, 1.807) is 11.3 Å². The maximum absolute atomic E-state index is 4.27. The first-order chi connectivity index (χ1) is 7.61. The van der Waals surface area contributed by atoms with Crippen LogP contribution in [0.5, 0.6) is 0 Å². The molecule has 0 aliphatic rings. The minimum Gasteiger partial charge on any atom is -0.302 e. The molecule has 4 heteroatoms. The zero-order valence-electron chi connectivity index (χ0n) is 9.95. The lowest BCUT2D eigenvalue weighted by Gasteiger charge is -2.18. The number of thiol groups is 1. The molecule has 92 valence electrons. The summed E-state index contributed by atoms with van der Waals surface area (Å²) in [6.07, 6.45) is 2.49. The lowest BCUT2D eigenvalue weighted by molar-refractivity contribution is 0.297. The molecule has 1 unspecified atom stereocenters. The summed E-state index contributed by atoms with van der Waals surface area (Å²) in [6, 6.07) is 2.21. The van der Waals surface area contributed by atoms with Crippen LogP contribution in [0.1, 0.15) is 25.3 Å². The van der Waals surface area contributed by atoms with Gasteiger partial charge in [-0.3, -0.25) is 0 Å². The highest BCUT2D eigenvalue weighted by atomic mass is 79.9. The average molecular weight is 322 g/mol. The molecule has 0 N–H and O–H groups in total. The average Bonchev–Trinajstić information content (AvgIpc) is 2.61. The van der Waals surface area contributed by atoms with Crippen molar-refractivity contribution in [3.63, 3.8) is 0 Å². The van der Waals surface area contributed by atoms with Gasteiger partial charge in [0.05, 0.1) is 3.79 Å². The van der Waals surface area contributed by atoms with Gasteiger partial charge in [0.1, 0.15) is 0 Å². The van der Waals surface area contributed by atoms with Crippen molar-refractivity contribution >= 4 is 39.9 Å². The minimum absolute atomic E-state index is 0.786. The number of halogens is 1. The van der Waals surface area contributed by atoms with Crippen LogP contribution < -0.4 is 0 Å². The van der Waals surface area contributed by atoms with Crippen molar-refractivity contribution < 1.29 is 0 Å². The fraction of sp³-hybridized carbons (Fsp3) is 0.667. The van der Waals surface area contributed by atoms with Crippen molar-refractivity contribution in [1.82, 2.24) is 4.90 Å². The Bertz CT molecular complexity index is 301. The van der Waals surface area contributed by atoms with E-state index < -0.39 is 0 Å². The summed E-state index contributed by atoms with van der Waals surface area (Å²) >= 11 is 9.53. The third-order valence-electron chi connectivity index (χ3n) is 2.70. The molecule has 1 heterocycles. The summed E-state index contributed by atoms with van der Waals surface area (Å²) in [5.74, 6) is 1.79. The first kappa shape index (κ1) is 14.6. The second-order valence-electron chi connectivity index (χ2n) is 4.40. The molecule has 0 saturated heterocycles. The van der Waals surface area contributed by atoms with E-state index in [2.05, 4.69) is 58.9 Å². The van der Waals surface area contributed by atoms with Gasteiger partial charge in [-0.15, -0.1) is 11.3 Å². The minimum atomic E-state index is 0.786. The van der Waals surface area contributed by atoms with Gasteiger partial charge in [0.15, 0.2) is 0 Å². The van der Waals surface area contributed by atoms with E-state index in [1.165, 1.54) is 28.7 Å². The van der Waals surface area contributed by atoms with Gasteiger partial charge in [-0.25, -0.2) is 0 Å². The maximum atomic E-state index is 4.27. The number of nitrogens with zero attached hydrogens (tertiary/aromatic N) is 1. The zero-order valence-corrected chi connectivity index (χ0v) is 13.2. The van der Waals surface area contributed by atoms with Crippen LogP contribution in [0.2, 0.25) is 0 Å². The summed E-state index contributed by atoms with van der Waals surface area (Å²) in [7, 11) is 2.19. The second-order valence-corrected chi connectivity index (χ2v) is 7.14. The summed E-state index contributed by atoms with van der Waals surface area (Å²) < 4.78 is 1.22. The second kappa shape index (κ2) is 7.75. The monoisotopic (exact) mass is 321 g/mol. The van der Waals surface area contributed by atoms with Crippen LogP contribution in [0, 0.1) is 5.92 Å². The first-order valence-corrected chi connectivity index (χ1v) is 7.94. The van der Waals surface area contributed by atoms with Crippen LogP contribution in [-0.4, -0.2) is 24.2 Å². The molecule has 1 atom stereocenters. The van der Waals surface area contributed by atoms with Gasteiger partial charge in [0.25, 0.3) is 0 Å². The molecular formula is C12H20BrNS2. The third kappa shape index (κ3) is 5.71. The number of hydrogen-bond acceptors (Lipinski definition) is 3. The standard InChI is InChI=1S/C12H20BrNS2/c1-10(4-6-15)3-5-14(2)8-11-7-12(13)16-9-11/h7,9-10,15H,3-6,8H2,1-2H3. The quantitative estimate of drug-likeness (QED) is 0.733. The Balaban J connectivity index is 2.23. The zero-order chi connectivity index (χ0) is 12.0. The van der Waals surface area contributed by atoms with Gasteiger partial charge in [0.2, 0.25) is 0 Å². The summed E-state index contributed by atoms with van der Waals surface area (Å²) in [6.45, 7) is 4.53. The van der Waals surface area contributed by atoms with E-state index in [9.17, 15) is 0 Å². The highest BCUT2D eigenvalue weighted by Crippen LogP contribution is 2.21. The van der Waals surface area contributed by atoms with Crippen molar-refractivity contribution in [3.8, 4) is 0 Å². The molecule has 16 heavy (non-hydrogen) atoms. The first-order valence-electron chi connectivity index (χ1n) is 5.64. The molecular weight excluding hydrogens is 302 g/mol. The molecule has 0 aromatic carbocycles. The van der Waals surface area contributed by atoms with Gasteiger partial charge in [0, 0.05) is 6.54 Å². The van der Waals surface area contributed by atoms with E-state index in [0.29, 0.717) is 0 Å². The van der Waals surface area contributed by atoms with Crippen molar-refractivity contribution in [1.29, 1.82) is 0 Å². The lowest BCUT2D eigenvalue weighted by atomic mass is 10.1. The molecule has 0 bridgehead atoms. The number of thiophene rings is 1. The van der Waals surface area contributed by atoms with E-state index >= 15 is 0 Å². The molecule has 0 spiro atoms. The Morgan fingerprint density at radius 1 is 1.50 bits per heavy atom. The van der Waals surface area contributed by atoms with Gasteiger partial charge in [-0.2, -0.15) is 12.6 Å². The Labute approximate surface area is 117 Å². The van der Waals surface area contributed by atoms with E-state index in [-0.39, 0.29) is 0 Å². The Morgan fingerprint density at radius 2 is 2.25 bits per heavy atom. The van der Waals surface area contributed by atoms with E-state index in [0.717, 1.165) is 18.2 Å². The molecule has 1 aromatic heterocycles. The highest BCUT2D eigenvalue weighted by Gasteiger charge is 2.05. The Hall–Kier alpha value is 0.490. The van der Waals surface area contributed by atoms with E-state index in [1.807, 2.05) is 0 Å². The van der Waals surface area contributed by atoms with Gasteiger partial charge >= 0.3 is 0 Å². The van der Waals surface area contributed by atoms with Crippen molar-refractivity contribution in [2.45, 2.75) is 26.3 Å². The summed E-state index contributed by atoms with van der Waals surface area (Å²) in [5.41, 5.74) is 1.40. The van der Waals surface area contributed by atoms with E-state index in [4.69, 9.17) is 0 Å². The van der Waals surface area contributed by atoms with Gasteiger partial charge < -0.3 is 4.90 Å². The summed E-state index contributed by atoms with van der Waals surface area (Å²) in [4.78, 5) is 2.39. The van der Waals surface area contributed by atoms with Gasteiger partial charge in [-0.1, -0.05) is 6.92 Å². The van der Waals surface area contributed by atoms with Gasteiger partial charge in [-0.05, 0) is 71.0 Å². The molecule has 0 radical (unpaired) electrons. The predicted molar refractivity (Wildman–Crippen MR) is 80.6 cm³/mol. The fourth-order valence-electron chi connectivity index (χ4n) is 1.62. The van der Waals surface area contributed by atoms with Crippen LogP contribution in [0.15, 0.2) is 15.2 Å². The SMILES string of the molecule is CC(CCS)CCN(C)Cc1csc(Br)c1. The van der Waals surface area contributed by atoms with Crippen LogP contribution in [0.25, 0.3) is 0 Å².